The van der Waals surface area contributed by atoms with Gasteiger partial charge < -0.3 is 0 Å². The molecule has 0 saturated heterocycles. The van der Waals surface area contributed by atoms with E-state index in [1.165, 1.54) is 19.1 Å². The van der Waals surface area contributed by atoms with E-state index in [-0.39, 0.29) is 10.6 Å². The number of halogens is 2. The van der Waals surface area contributed by atoms with Gasteiger partial charge in [0.1, 0.15) is 0 Å². The average molecular weight is 217 g/mol. The van der Waals surface area contributed by atoms with Crippen LogP contribution in [0.3, 0.4) is 0 Å². The van der Waals surface area contributed by atoms with E-state index in [4.69, 9.17) is 23.2 Å². The zero-order valence-corrected chi connectivity index (χ0v) is 8.32. The molecule has 0 aromatic heterocycles. The van der Waals surface area contributed by atoms with Crippen LogP contribution in [-0.4, -0.2) is 11.6 Å². The first-order valence-corrected chi connectivity index (χ1v) is 4.28. The van der Waals surface area contributed by atoms with Crippen LogP contribution < -0.4 is 0 Å². The minimum atomic E-state index is -0.618. The highest BCUT2D eigenvalue weighted by Crippen LogP contribution is 2.21. The van der Waals surface area contributed by atoms with Crippen LogP contribution in [0, 0.1) is 0 Å². The fourth-order valence-electron chi connectivity index (χ4n) is 0.861. The van der Waals surface area contributed by atoms with Crippen LogP contribution in [0.25, 0.3) is 0 Å². The molecule has 0 aliphatic carbocycles. The van der Waals surface area contributed by atoms with E-state index in [1.54, 1.807) is 6.07 Å². The van der Waals surface area contributed by atoms with Crippen LogP contribution in [0.2, 0.25) is 10.0 Å². The Bertz CT molecular complexity index is 372. The van der Waals surface area contributed by atoms with Gasteiger partial charge in [-0.15, -0.1) is 0 Å². The molecule has 0 fully saturated rings. The molecule has 0 amide bonds. The zero-order chi connectivity index (χ0) is 10.0. The molecule has 0 aliphatic heterocycles. The third-order valence-electron chi connectivity index (χ3n) is 1.49. The summed E-state index contributed by atoms with van der Waals surface area (Å²) in [6.07, 6.45) is 0. The number of hydrogen-bond donors (Lipinski definition) is 0. The van der Waals surface area contributed by atoms with E-state index in [0.717, 1.165) is 0 Å². The van der Waals surface area contributed by atoms with Crippen molar-refractivity contribution in [2.75, 3.05) is 0 Å². The Kier molecular flexibility index (Phi) is 3.07. The van der Waals surface area contributed by atoms with Gasteiger partial charge in [-0.05, 0) is 18.2 Å². The molecular weight excluding hydrogens is 211 g/mol. The van der Waals surface area contributed by atoms with Crippen LogP contribution in [0.4, 0.5) is 0 Å². The van der Waals surface area contributed by atoms with E-state index in [1.807, 2.05) is 0 Å². The summed E-state index contributed by atoms with van der Waals surface area (Å²) in [5.74, 6) is -1.17. The van der Waals surface area contributed by atoms with Crippen molar-refractivity contribution in [1.82, 2.24) is 0 Å². The molecule has 0 bridgehead atoms. The van der Waals surface area contributed by atoms with Gasteiger partial charge in [0.15, 0.2) is 5.78 Å². The van der Waals surface area contributed by atoms with E-state index in [0.29, 0.717) is 5.02 Å². The molecule has 1 aromatic rings. The fourth-order valence-corrected chi connectivity index (χ4v) is 1.24. The highest BCUT2D eigenvalue weighted by molar-refractivity contribution is 6.47. The van der Waals surface area contributed by atoms with Crippen molar-refractivity contribution in [2.24, 2.45) is 0 Å². The van der Waals surface area contributed by atoms with Gasteiger partial charge in [-0.25, -0.2) is 0 Å². The maximum Gasteiger partial charge on any atom is 0.229 e. The Balaban J connectivity index is 3.21. The van der Waals surface area contributed by atoms with Gasteiger partial charge in [-0.1, -0.05) is 23.2 Å². The van der Waals surface area contributed by atoms with Crippen molar-refractivity contribution >= 4 is 34.8 Å². The normalized spacial score (nSPS) is 9.77. The van der Waals surface area contributed by atoms with Crippen molar-refractivity contribution in [1.29, 1.82) is 0 Å². The first-order valence-electron chi connectivity index (χ1n) is 3.52. The number of ketones is 2. The largest absolute Gasteiger partial charge is 0.291 e. The summed E-state index contributed by atoms with van der Waals surface area (Å²) >= 11 is 11.3. The standard InChI is InChI=1S/C9H6Cl2O2/c1-5(12)9(13)7-4-6(10)2-3-8(7)11/h2-4H,1H3. The first kappa shape index (κ1) is 10.2. The molecule has 0 atom stereocenters. The van der Waals surface area contributed by atoms with E-state index < -0.39 is 11.6 Å². The van der Waals surface area contributed by atoms with Gasteiger partial charge in [0.2, 0.25) is 5.78 Å². The zero-order valence-electron chi connectivity index (χ0n) is 6.80. The third-order valence-corrected chi connectivity index (χ3v) is 2.06. The number of carbonyl (C=O) groups excluding carboxylic acids is 2. The van der Waals surface area contributed by atoms with E-state index in [2.05, 4.69) is 0 Å². The second kappa shape index (κ2) is 3.90. The summed E-state index contributed by atoms with van der Waals surface area (Å²) in [6, 6.07) is 4.43. The third kappa shape index (κ3) is 2.29. The maximum atomic E-state index is 11.2. The predicted octanol–water partition coefficient (Wildman–Crippen LogP) is 2.77. The Morgan fingerprint density at radius 3 is 2.38 bits per heavy atom. The molecule has 0 aliphatic rings. The van der Waals surface area contributed by atoms with Gasteiger partial charge >= 0.3 is 0 Å². The van der Waals surface area contributed by atoms with Crippen LogP contribution in [0.5, 0.6) is 0 Å². The lowest BCUT2D eigenvalue weighted by atomic mass is 10.1. The predicted molar refractivity (Wildman–Crippen MR) is 51.5 cm³/mol. The van der Waals surface area contributed by atoms with Crippen LogP contribution in [-0.2, 0) is 4.79 Å². The monoisotopic (exact) mass is 216 g/mol. The van der Waals surface area contributed by atoms with Gasteiger partial charge in [-0.2, -0.15) is 0 Å². The van der Waals surface area contributed by atoms with Crippen molar-refractivity contribution in [3.05, 3.63) is 33.8 Å². The van der Waals surface area contributed by atoms with Crippen LogP contribution in [0.15, 0.2) is 18.2 Å². The molecule has 0 saturated carbocycles. The van der Waals surface area contributed by atoms with Crippen molar-refractivity contribution in [2.45, 2.75) is 6.92 Å². The molecule has 68 valence electrons. The molecule has 0 radical (unpaired) electrons. The molecule has 1 rings (SSSR count). The second-order valence-electron chi connectivity index (χ2n) is 2.51. The lowest BCUT2D eigenvalue weighted by Crippen LogP contribution is -2.10. The Morgan fingerprint density at radius 1 is 1.23 bits per heavy atom. The number of benzene rings is 1. The van der Waals surface area contributed by atoms with Crippen LogP contribution >= 0.6 is 23.2 Å². The molecule has 0 unspecified atom stereocenters. The second-order valence-corrected chi connectivity index (χ2v) is 3.35. The number of Topliss-reactive ketones (excluding diaryl/α,β-unsaturated/α-hetero) is 2. The van der Waals surface area contributed by atoms with Gasteiger partial charge in [0.25, 0.3) is 0 Å². The highest BCUT2D eigenvalue weighted by Gasteiger charge is 2.14. The van der Waals surface area contributed by atoms with Gasteiger partial charge in [0.05, 0.1) is 5.02 Å². The minimum Gasteiger partial charge on any atom is -0.291 e. The van der Waals surface area contributed by atoms with E-state index >= 15 is 0 Å². The minimum absolute atomic E-state index is 0.154. The summed E-state index contributed by atoms with van der Waals surface area (Å²) in [4.78, 5) is 22.0. The van der Waals surface area contributed by atoms with Crippen molar-refractivity contribution < 1.29 is 9.59 Å². The molecule has 0 spiro atoms. The lowest BCUT2D eigenvalue weighted by molar-refractivity contribution is -0.113. The van der Waals surface area contributed by atoms with Crippen LogP contribution in [0.1, 0.15) is 17.3 Å². The molecule has 13 heavy (non-hydrogen) atoms. The SMILES string of the molecule is CC(=O)C(=O)c1cc(Cl)ccc1Cl. The molecule has 2 nitrogen and oxygen atoms in total. The topological polar surface area (TPSA) is 34.1 Å². The quantitative estimate of drug-likeness (QED) is 0.563. The van der Waals surface area contributed by atoms with Crippen molar-refractivity contribution in [3.8, 4) is 0 Å². The Morgan fingerprint density at radius 2 is 1.85 bits per heavy atom. The lowest BCUT2D eigenvalue weighted by Gasteiger charge is -2.00. The first-order chi connectivity index (χ1) is 6.02. The number of rotatable bonds is 2. The van der Waals surface area contributed by atoms with Gasteiger partial charge in [-0.3, -0.25) is 9.59 Å². The fraction of sp³-hybridized carbons (Fsp3) is 0.111. The molecule has 0 N–H and O–H groups in total. The highest BCUT2D eigenvalue weighted by atomic mass is 35.5. The van der Waals surface area contributed by atoms with Crippen molar-refractivity contribution in [3.63, 3.8) is 0 Å². The molecule has 4 heteroatoms. The number of hydrogen-bond acceptors (Lipinski definition) is 2. The van der Waals surface area contributed by atoms with E-state index in [9.17, 15) is 9.59 Å². The molecular formula is C9H6Cl2O2. The summed E-state index contributed by atoms with van der Waals surface area (Å²) in [5, 5.41) is 0.624. The summed E-state index contributed by atoms with van der Waals surface area (Å²) in [6.45, 7) is 1.19. The Hall–Kier alpha value is -0.860. The smallest absolute Gasteiger partial charge is 0.229 e. The summed E-state index contributed by atoms with van der Waals surface area (Å²) < 4.78 is 0. The van der Waals surface area contributed by atoms with Gasteiger partial charge in [0, 0.05) is 17.5 Å². The molecule has 1 aromatic carbocycles. The Labute approximate surface area is 85.5 Å². The number of carbonyl (C=O) groups is 2. The molecule has 0 heterocycles. The summed E-state index contributed by atoms with van der Waals surface area (Å²) in [7, 11) is 0. The maximum absolute atomic E-state index is 11.2. The average Bonchev–Trinajstić information content (AvgIpc) is 2.08. The summed E-state index contributed by atoms with van der Waals surface area (Å²) in [5.41, 5.74) is 0.154.